The van der Waals surface area contributed by atoms with E-state index in [9.17, 15) is 9.18 Å². The van der Waals surface area contributed by atoms with Crippen LogP contribution < -0.4 is 16.8 Å². The van der Waals surface area contributed by atoms with Gasteiger partial charge in [-0.3, -0.25) is 4.79 Å². The summed E-state index contributed by atoms with van der Waals surface area (Å²) in [5.41, 5.74) is 11.2. The van der Waals surface area contributed by atoms with Gasteiger partial charge in [-0.25, -0.2) is 4.39 Å². The highest BCUT2D eigenvalue weighted by Gasteiger charge is 2.14. The Kier molecular flexibility index (Phi) is 4.95. The Bertz CT molecular complexity index is 434. The van der Waals surface area contributed by atoms with E-state index in [1.807, 2.05) is 6.92 Å². The van der Waals surface area contributed by atoms with Crippen LogP contribution >= 0.6 is 0 Å². The Balaban J connectivity index is 3.01. The van der Waals surface area contributed by atoms with Crippen molar-refractivity contribution in [3.63, 3.8) is 0 Å². The molecule has 100 valence electrons. The van der Waals surface area contributed by atoms with Crippen LogP contribution in [0.5, 0.6) is 0 Å². The topological polar surface area (TPSA) is 81.1 Å². The molecule has 1 amide bonds. The molecule has 0 bridgehead atoms. The maximum atomic E-state index is 13.7. The molecule has 5 heteroatoms. The average Bonchev–Trinajstić information content (AvgIpc) is 2.31. The number of rotatable bonds is 6. The Morgan fingerprint density at radius 1 is 1.44 bits per heavy atom. The van der Waals surface area contributed by atoms with E-state index in [-0.39, 0.29) is 23.0 Å². The van der Waals surface area contributed by atoms with Gasteiger partial charge >= 0.3 is 0 Å². The Hall–Kier alpha value is -1.78. The number of nitrogens with two attached hydrogens (primary N) is 2. The Labute approximate surface area is 107 Å². The van der Waals surface area contributed by atoms with Gasteiger partial charge in [-0.05, 0) is 25.0 Å². The highest BCUT2D eigenvalue weighted by atomic mass is 19.1. The lowest BCUT2D eigenvalue weighted by Gasteiger charge is -2.18. The predicted octanol–water partition coefficient (Wildman–Crippen LogP) is 2.50. The molecule has 0 aromatic heterocycles. The normalized spacial score (nSPS) is 12.2. The lowest BCUT2D eigenvalue weighted by Crippen LogP contribution is -2.20. The standard InChI is InChI=1S/C13H20FN3O/c1-3-5-8(4-2)17-12-6-9(13(16)18)11(15)7-10(12)14/h6-8,17H,3-5,15H2,1-2H3,(H2,16,18). The number of halogens is 1. The number of carbonyl (C=O) groups excluding carboxylic acids is 1. The van der Waals surface area contributed by atoms with Crippen molar-refractivity contribution < 1.29 is 9.18 Å². The molecule has 0 aliphatic carbocycles. The third-order valence-electron chi connectivity index (χ3n) is 2.89. The molecular formula is C13H20FN3O. The number of amides is 1. The van der Waals surface area contributed by atoms with Gasteiger partial charge in [-0.1, -0.05) is 20.3 Å². The van der Waals surface area contributed by atoms with Crippen molar-refractivity contribution >= 4 is 17.3 Å². The van der Waals surface area contributed by atoms with Crippen LogP contribution in [0.4, 0.5) is 15.8 Å². The summed E-state index contributed by atoms with van der Waals surface area (Å²) in [6.07, 6.45) is 2.82. The molecule has 1 aromatic carbocycles. The van der Waals surface area contributed by atoms with Crippen molar-refractivity contribution in [3.05, 3.63) is 23.5 Å². The van der Waals surface area contributed by atoms with Crippen LogP contribution in [-0.4, -0.2) is 11.9 Å². The summed E-state index contributed by atoms with van der Waals surface area (Å²) in [4.78, 5) is 11.2. The fraction of sp³-hybridized carbons (Fsp3) is 0.462. The van der Waals surface area contributed by atoms with Gasteiger partial charge < -0.3 is 16.8 Å². The van der Waals surface area contributed by atoms with Crippen molar-refractivity contribution in [1.82, 2.24) is 0 Å². The second kappa shape index (κ2) is 6.23. The minimum absolute atomic E-state index is 0.0640. The Morgan fingerprint density at radius 2 is 2.11 bits per heavy atom. The molecule has 0 saturated carbocycles. The second-order valence-electron chi connectivity index (χ2n) is 4.32. The quantitative estimate of drug-likeness (QED) is 0.681. The molecule has 5 N–H and O–H groups in total. The molecular weight excluding hydrogens is 233 g/mol. The third-order valence-corrected chi connectivity index (χ3v) is 2.89. The van der Waals surface area contributed by atoms with Gasteiger partial charge in [0.25, 0.3) is 5.91 Å². The first kappa shape index (κ1) is 14.3. The summed E-state index contributed by atoms with van der Waals surface area (Å²) in [5, 5.41) is 3.08. The van der Waals surface area contributed by atoms with Crippen molar-refractivity contribution in [2.24, 2.45) is 5.73 Å². The molecule has 1 atom stereocenters. The van der Waals surface area contributed by atoms with Crippen LogP contribution in [0.3, 0.4) is 0 Å². The van der Waals surface area contributed by atoms with Crippen molar-refractivity contribution in [2.75, 3.05) is 11.1 Å². The Morgan fingerprint density at radius 3 is 2.61 bits per heavy atom. The molecule has 1 unspecified atom stereocenters. The first-order valence-corrected chi connectivity index (χ1v) is 6.14. The summed E-state index contributed by atoms with van der Waals surface area (Å²) in [6.45, 7) is 4.09. The van der Waals surface area contributed by atoms with Gasteiger partial charge in [0.15, 0.2) is 0 Å². The second-order valence-corrected chi connectivity index (χ2v) is 4.32. The zero-order valence-electron chi connectivity index (χ0n) is 10.8. The largest absolute Gasteiger partial charge is 0.398 e. The maximum Gasteiger partial charge on any atom is 0.250 e. The van der Waals surface area contributed by atoms with Crippen LogP contribution in [0.15, 0.2) is 12.1 Å². The highest BCUT2D eigenvalue weighted by molar-refractivity contribution is 5.99. The molecule has 0 saturated heterocycles. The fourth-order valence-corrected chi connectivity index (χ4v) is 1.86. The third kappa shape index (κ3) is 3.35. The minimum atomic E-state index is -0.654. The number of primary amides is 1. The fourth-order valence-electron chi connectivity index (χ4n) is 1.86. The summed E-state index contributed by atoms with van der Waals surface area (Å²) < 4.78 is 13.7. The number of nitrogens with one attached hydrogen (secondary N) is 1. The molecule has 1 rings (SSSR count). The monoisotopic (exact) mass is 253 g/mol. The van der Waals surface area contributed by atoms with Crippen molar-refractivity contribution in [3.8, 4) is 0 Å². The zero-order valence-corrected chi connectivity index (χ0v) is 10.8. The van der Waals surface area contributed by atoms with Crippen LogP contribution in [0.25, 0.3) is 0 Å². The van der Waals surface area contributed by atoms with Crippen LogP contribution in [0, 0.1) is 5.82 Å². The maximum absolute atomic E-state index is 13.7. The highest BCUT2D eigenvalue weighted by Crippen LogP contribution is 2.23. The van der Waals surface area contributed by atoms with Gasteiger partial charge in [0.1, 0.15) is 5.82 Å². The molecule has 0 heterocycles. The van der Waals surface area contributed by atoms with Gasteiger partial charge in [-0.15, -0.1) is 0 Å². The van der Waals surface area contributed by atoms with E-state index in [2.05, 4.69) is 12.2 Å². The van der Waals surface area contributed by atoms with Crippen LogP contribution in [0.2, 0.25) is 0 Å². The predicted molar refractivity (Wildman–Crippen MR) is 71.9 cm³/mol. The molecule has 1 aromatic rings. The number of benzene rings is 1. The summed E-state index contributed by atoms with van der Waals surface area (Å²) >= 11 is 0. The number of hydrogen-bond acceptors (Lipinski definition) is 3. The van der Waals surface area contributed by atoms with Gasteiger partial charge in [0.2, 0.25) is 0 Å². The lowest BCUT2D eigenvalue weighted by molar-refractivity contribution is 0.100. The van der Waals surface area contributed by atoms with Crippen LogP contribution in [-0.2, 0) is 0 Å². The average molecular weight is 253 g/mol. The number of carbonyl (C=O) groups is 1. The lowest BCUT2D eigenvalue weighted by atomic mass is 10.1. The van der Waals surface area contributed by atoms with Gasteiger partial charge in [0.05, 0.1) is 11.3 Å². The smallest absolute Gasteiger partial charge is 0.250 e. The molecule has 0 spiro atoms. The molecule has 0 fully saturated rings. The molecule has 4 nitrogen and oxygen atoms in total. The zero-order chi connectivity index (χ0) is 13.7. The summed E-state index contributed by atoms with van der Waals surface area (Å²) in [6, 6.07) is 2.68. The SMILES string of the molecule is CCCC(CC)Nc1cc(C(N)=O)c(N)cc1F. The van der Waals surface area contributed by atoms with Crippen LogP contribution in [0.1, 0.15) is 43.5 Å². The number of anilines is 2. The number of hydrogen-bond donors (Lipinski definition) is 3. The van der Waals surface area contributed by atoms with E-state index in [1.54, 1.807) is 0 Å². The van der Waals surface area contributed by atoms with E-state index in [1.165, 1.54) is 6.07 Å². The summed E-state index contributed by atoms with van der Waals surface area (Å²) in [7, 11) is 0. The van der Waals surface area contributed by atoms with Crippen molar-refractivity contribution in [1.29, 1.82) is 0 Å². The molecule has 0 aliphatic rings. The number of nitrogen functional groups attached to an aromatic ring is 1. The first-order chi connectivity index (χ1) is 8.49. The molecule has 18 heavy (non-hydrogen) atoms. The van der Waals surface area contributed by atoms with E-state index in [0.29, 0.717) is 0 Å². The molecule has 0 aliphatic heterocycles. The molecule has 0 radical (unpaired) electrons. The van der Waals surface area contributed by atoms with E-state index >= 15 is 0 Å². The van der Waals surface area contributed by atoms with E-state index < -0.39 is 11.7 Å². The van der Waals surface area contributed by atoms with Crippen molar-refractivity contribution in [2.45, 2.75) is 39.2 Å². The van der Waals surface area contributed by atoms with E-state index in [4.69, 9.17) is 11.5 Å². The van der Waals surface area contributed by atoms with E-state index in [0.717, 1.165) is 25.3 Å². The van der Waals surface area contributed by atoms with Gasteiger partial charge in [0, 0.05) is 11.7 Å². The van der Waals surface area contributed by atoms with Gasteiger partial charge in [-0.2, -0.15) is 0 Å². The first-order valence-electron chi connectivity index (χ1n) is 6.14. The minimum Gasteiger partial charge on any atom is -0.398 e. The summed E-state index contributed by atoms with van der Waals surface area (Å²) in [5.74, 6) is -1.12.